The van der Waals surface area contributed by atoms with Gasteiger partial charge in [0, 0.05) is 39.4 Å². The molecule has 0 unspecified atom stereocenters. The summed E-state index contributed by atoms with van der Waals surface area (Å²) in [6, 6.07) is 22.9. The van der Waals surface area contributed by atoms with Crippen molar-refractivity contribution < 1.29 is 19.1 Å². The number of carbonyl (C=O) groups excluding carboxylic acids is 3. The third-order valence-corrected chi connectivity index (χ3v) is 5.51. The van der Waals surface area contributed by atoms with E-state index in [4.69, 9.17) is 24.0 Å². The van der Waals surface area contributed by atoms with Gasteiger partial charge in [0.05, 0.1) is 5.56 Å². The van der Waals surface area contributed by atoms with Gasteiger partial charge in [-0.15, -0.1) is 19.3 Å². The first-order chi connectivity index (χ1) is 19.8. The molecule has 0 aliphatic heterocycles. The minimum atomic E-state index is -0.735. The van der Waals surface area contributed by atoms with Gasteiger partial charge < -0.3 is 26.0 Å². The van der Waals surface area contributed by atoms with Gasteiger partial charge in [0.2, 0.25) is 0 Å². The Morgan fingerprint density at radius 2 is 1.00 bits per heavy atom. The van der Waals surface area contributed by atoms with Crippen molar-refractivity contribution in [1.29, 1.82) is 0 Å². The number of anilines is 4. The maximum Gasteiger partial charge on any atom is 0.343 e. The molecule has 0 aliphatic carbocycles. The van der Waals surface area contributed by atoms with Crippen LogP contribution < -0.4 is 26.0 Å². The molecular weight excluding hydrogens is 516 g/mol. The summed E-state index contributed by atoms with van der Waals surface area (Å²) in [6.45, 7) is 0. The van der Waals surface area contributed by atoms with E-state index in [1.165, 1.54) is 24.3 Å². The van der Waals surface area contributed by atoms with E-state index in [1.807, 2.05) is 0 Å². The van der Waals surface area contributed by atoms with Crippen molar-refractivity contribution in [3.8, 4) is 42.8 Å². The van der Waals surface area contributed by atoms with Gasteiger partial charge in [0.1, 0.15) is 5.75 Å². The van der Waals surface area contributed by atoms with E-state index < -0.39 is 18.0 Å². The second kappa shape index (κ2) is 12.9. The van der Waals surface area contributed by atoms with Crippen molar-refractivity contribution >= 4 is 40.8 Å². The summed E-state index contributed by atoms with van der Waals surface area (Å²) < 4.78 is 5.47. The van der Waals surface area contributed by atoms with Crippen LogP contribution in [0.1, 0.15) is 27.0 Å². The zero-order valence-electron chi connectivity index (χ0n) is 21.5. The average Bonchev–Trinajstić information content (AvgIpc) is 2.97. The molecule has 0 aromatic heterocycles. The van der Waals surface area contributed by atoms with E-state index in [1.54, 1.807) is 66.7 Å². The minimum Gasteiger partial charge on any atom is -0.423 e. The van der Waals surface area contributed by atoms with Gasteiger partial charge in [-0.05, 0) is 84.9 Å². The van der Waals surface area contributed by atoms with E-state index in [0.717, 1.165) is 0 Å². The van der Waals surface area contributed by atoms with Crippen LogP contribution in [0, 0.1) is 37.0 Å². The number of urea groups is 2. The first kappa shape index (κ1) is 27.6. The maximum atomic E-state index is 13.0. The highest BCUT2D eigenvalue weighted by Crippen LogP contribution is 2.23. The van der Waals surface area contributed by atoms with Crippen LogP contribution in [0.25, 0.3) is 0 Å². The normalized spacial score (nSPS) is 9.68. The fraction of sp³-hybridized carbons (Fsp3) is 0. The smallest absolute Gasteiger partial charge is 0.343 e. The summed E-state index contributed by atoms with van der Waals surface area (Å²) >= 11 is 0. The molecule has 0 fully saturated rings. The molecule has 8 nitrogen and oxygen atoms in total. The van der Waals surface area contributed by atoms with Crippen LogP contribution in [0.4, 0.5) is 32.3 Å². The molecule has 4 amide bonds. The van der Waals surface area contributed by atoms with Gasteiger partial charge in [-0.1, -0.05) is 23.8 Å². The predicted molar refractivity (Wildman–Crippen MR) is 160 cm³/mol. The van der Waals surface area contributed by atoms with Gasteiger partial charge >= 0.3 is 18.0 Å². The second-order valence-corrected chi connectivity index (χ2v) is 8.46. The zero-order valence-corrected chi connectivity index (χ0v) is 21.5. The topological polar surface area (TPSA) is 109 Å². The van der Waals surface area contributed by atoms with E-state index in [2.05, 4.69) is 39.0 Å². The Balaban J connectivity index is 1.55. The molecule has 0 bridgehead atoms. The molecule has 198 valence electrons. The number of benzene rings is 4. The highest BCUT2D eigenvalue weighted by molar-refractivity contribution is 6.04. The van der Waals surface area contributed by atoms with E-state index >= 15 is 0 Å². The Labute approximate surface area is 237 Å². The average molecular weight is 539 g/mol. The fourth-order valence-corrected chi connectivity index (χ4v) is 3.59. The molecule has 0 atom stereocenters. The molecule has 0 aliphatic rings. The number of ether oxygens (including phenoxy) is 1. The molecule has 4 rings (SSSR count). The Morgan fingerprint density at radius 3 is 1.46 bits per heavy atom. The zero-order chi connectivity index (χ0) is 29.2. The van der Waals surface area contributed by atoms with Crippen LogP contribution in [0.5, 0.6) is 5.75 Å². The first-order valence-electron chi connectivity index (χ1n) is 12.1. The number of hydrogen-bond donors (Lipinski definition) is 4. The van der Waals surface area contributed by atoms with Gasteiger partial charge in [-0.2, -0.15) is 0 Å². The Morgan fingerprint density at radius 1 is 0.537 bits per heavy atom. The number of rotatable bonds is 6. The predicted octanol–water partition coefficient (Wildman–Crippen LogP) is 6.14. The van der Waals surface area contributed by atoms with Gasteiger partial charge in [-0.25, -0.2) is 14.4 Å². The SMILES string of the molecule is C#Cc1ccc(NC(=O)Nc2cc(NC(=O)Nc3ccc(C#C)cc3)cc(C(=O)Oc3cccc(C#C)c3)c2)cc1. The monoisotopic (exact) mass is 538 g/mol. The highest BCUT2D eigenvalue weighted by Gasteiger charge is 2.15. The van der Waals surface area contributed by atoms with E-state index in [9.17, 15) is 14.4 Å². The summed E-state index contributed by atoms with van der Waals surface area (Å²) in [6.07, 6.45) is 16.2. The van der Waals surface area contributed by atoms with Gasteiger partial charge in [0.25, 0.3) is 0 Å². The van der Waals surface area contributed by atoms with Crippen LogP contribution in [0.2, 0.25) is 0 Å². The molecule has 0 radical (unpaired) electrons. The summed E-state index contributed by atoms with van der Waals surface area (Å²) in [7, 11) is 0. The van der Waals surface area contributed by atoms with Crippen LogP contribution in [0.15, 0.2) is 91.0 Å². The number of hydrogen-bond acceptors (Lipinski definition) is 4. The summed E-state index contributed by atoms with van der Waals surface area (Å²) in [4.78, 5) is 38.4. The second-order valence-electron chi connectivity index (χ2n) is 8.46. The van der Waals surface area contributed by atoms with Crippen LogP contribution in [-0.4, -0.2) is 18.0 Å². The largest absolute Gasteiger partial charge is 0.423 e. The van der Waals surface area contributed by atoms with Gasteiger partial charge in [-0.3, -0.25) is 0 Å². The maximum absolute atomic E-state index is 13.0. The van der Waals surface area contributed by atoms with Crippen molar-refractivity contribution in [3.05, 3.63) is 113 Å². The molecule has 0 saturated carbocycles. The Hall–Kier alpha value is -6.43. The van der Waals surface area contributed by atoms with E-state index in [0.29, 0.717) is 28.1 Å². The lowest BCUT2D eigenvalue weighted by atomic mass is 10.1. The van der Waals surface area contributed by atoms with Crippen LogP contribution >= 0.6 is 0 Å². The Bertz CT molecular complexity index is 1650. The van der Waals surface area contributed by atoms with Crippen LogP contribution in [0.3, 0.4) is 0 Å². The Kier molecular flexibility index (Phi) is 8.67. The summed E-state index contributed by atoms with van der Waals surface area (Å²) in [5.74, 6) is 6.98. The number of carbonyl (C=O) groups is 3. The number of esters is 1. The number of amides is 4. The summed E-state index contributed by atoms with van der Waals surface area (Å²) in [5.41, 5.74) is 3.34. The standard InChI is InChI=1S/C33H22N4O4/c1-4-22-10-14-26(15-11-22)34-32(39)36-28-19-25(31(38)41-30-9-7-8-24(6-3)18-30)20-29(21-28)37-33(40)35-27-16-12-23(5-2)13-17-27/h1-3,7-21H,(H2,34,36,39)(H2,35,37,40). The third kappa shape index (κ3) is 7.78. The molecular formula is C33H22N4O4. The first-order valence-corrected chi connectivity index (χ1v) is 12.1. The lowest BCUT2D eigenvalue weighted by Gasteiger charge is -2.13. The quantitative estimate of drug-likeness (QED) is 0.134. The van der Waals surface area contributed by atoms with Crippen LogP contribution in [-0.2, 0) is 0 Å². The van der Waals surface area contributed by atoms with Crippen molar-refractivity contribution in [2.75, 3.05) is 21.3 Å². The van der Waals surface area contributed by atoms with Crippen molar-refractivity contribution in [2.24, 2.45) is 0 Å². The fourth-order valence-electron chi connectivity index (χ4n) is 3.59. The van der Waals surface area contributed by atoms with Gasteiger partial charge in [0.15, 0.2) is 0 Å². The third-order valence-electron chi connectivity index (χ3n) is 5.51. The number of terminal acetylenes is 3. The lowest BCUT2D eigenvalue weighted by Crippen LogP contribution is -2.22. The molecule has 0 heterocycles. The molecule has 4 aromatic carbocycles. The molecule has 4 aromatic rings. The van der Waals surface area contributed by atoms with Crippen molar-refractivity contribution in [3.63, 3.8) is 0 Å². The number of nitrogens with one attached hydrogen (secondary N) is 4. The molecule has 8 heteroatoms. The highest BCUT2D eigenvalue weighted by atomic mass is 16.5. The van der Waals surface area contributed by atoms with Crippen molar-refractivity contribution in [2.45, 2.75) is 0 Å². The lowest BCUT2D eigenvalue weighted by molar-refractivity contribution is 0.0734. The summed E-state index contributed by atoms with van der Waals surface area (Å²) in [5, 5.41) is 10.7. The molecule has 41 heavy (non-hydrogen) atoms. The van der Waals surface area contributed by atoms with E-state index in [-0.39, 0.29) is 22.7 Å². The molecule has 0 spiro atoms. The molecule has 0 saturated heterocycles. The van der Waals surface area contributed by atoms with Crippen molar-refractivity contribution in [1.82, 2.24) is 0 Å². The minimum absolute atomic E-state index is 0.0564. The molecule has 4 N–H and O–H groups in total.